The molecule has 3 heteroatoms. The van der Waals surface area contributed by atoms with Crippen LogP contribution in [0.1, 0.15) is 17.9 Å². The van der Waals surface area contributed by atoms with Crippen LogP contribution in [0, 0.1) is 0 Å². The number of rotatable bonds is 2. The maximum absolute atomic E-state index is 6.16. The molecule has 0 aromatic heterocycles. The number of benzene rings is 1. The van der Waals surface area contributed by atoms with Crippen LogP contribution in [-0.2, 0) is 0 Å². The van der Waals surface area contributed by atoms with Crippen molar-refractivity contribution in [2.45, 2.75) is 18.4 Å². The Labute approximate surface area is 97.6 Å². The molecule has 3 N–H and O–H groups in total. The van der Waals surface area contributed by atoms with Crippen LogP contribution in [0.2, 0.25) is 0 Å². The Morgan fingerprint density at radius 3 is 2.50 bits per heavy atom. The van der Waals surface area contributed by atoms with Crippen molar-refractivity contribution in [3.05, 3.63) is 29.8 Å². The smallest absolute Gasteiger partial charge is 0.0361 e. The minimum Gasteiger partial charge on any atom is -0.378 e. The molecule has 88 valence electrons. The Kier molecular flexibility index (Phi) is 3.46. The first-order valence-electron chi connectivity index (χ1n) is 5.92. The lowest BCUT2D eigenvalue weighted by Crippen LogP contribution is -2.43. The molecule has 0 bridgehead atoms. The Bertz CT molecular complexity index is 332. The lowest BCUT2D eigenvalue weighted by molar-refractivity contribution is 0.403. The van der Waals surface area contributed by atoms with Crippen LogP contribution < -0.4 is 16.0 Å². The van der Waals surface area contributed by atoms with Gasteiger partial charge in [0.15, 0.2) is 0 Å². The normalized spacial score (nSPS) is 25.4. The molecular formula is C13H21N3. The molecule has 2 atom stereocenters. The van der Waals surface area contributed by atoms with E-state index in [9.17, 15) is 0 Å². The molecule has 0 aliphatic carbocycles. The summed E-state index contributed by atoms with van der Waals surface area (Å²) in [6.07, 6.45) is 1.07. The van der Waals surface area contributed by atoms with Crippen molar-refractivity contribution in [1.82, 2.24) is 5.32 Å². The largest absolute Gasteiger partial charge is 0.378 e. The highest BCUT2D eigenvalue weighted by atomic mass is 15.1. The fraction of sp³-hybridized carbons (Fsp3) is 0.538. The first kappa shape index (κ1) is 11.4. The monoisotopic (exact) mass is 219 g/mol. The van der Waals surface area contributed by atoms with Crippen molar-refractivity contribution in [2.24, 2.45) is 5.73 Å². The van der Waals surface area contributed by atoms with Crippen molar-refractivity contribution >= 4 is 5.69 Å². The molecule has 1 saturated heterocycles. The highest BCUT2D eigenvalue weighted by molar-refractivity contribution is 5.46. The van der Waals surface area contributed by atoms with Crippen LogP contribution in [-0.4, -0.2) is 33.2 Å². The van der Waals surface area contributed by atoms with Crippen LogP contribution >= 0.6 is 0 Å². The molecule has 2 rings (SSSR count). The summed E-state index contributed by atoms with van der Waals surface area (Å²) in [5, 5.41) is 3.41. The number of nitrogens with one attached hydrogen (secondary N) is 1. The molecule has 1 heterocycles. The summed E-state index contributed by atoms with van der Waals surface area (Å²) in [5.41, 5.74) is 8.75. The van der Waals surface area contributed by atoms with E-state index in [4.69, 9.17) is 5.73 Å². The summed E-state index contributed by atoms with van der Waals surface area (Å²) >= 11 is 0. The Morgan fingerprint density at radius 1 is 1.25 bits per heavy atom. The van der Waals surface area contributed by atoms with Gasteiger partial charge in [0.05, 0.1) is 0 Å². The van der Waals surface area contributed by atoms with Crippen LogP contribution in [0.5, 0.6) is 0 Å². The fourth-order valence-corrected chi connectivity index (χ4v) is 2.26. The van der Waals surface area contributed by atoms with E-state index in [0.29, 0.717) is 12.0 Å². The third kappa shape index (κ3) is 2.36. The van der Waals surface area contributed by atoms with Gasteiger partial charge in [0.1, 0.15) is 0 Å². The number of nitrogens with zero attached hydrogens (tertiary/aromatic N) is 1. The Hall–Kier alpha value is -1.06. The minimum atomic E-state index is 0.298. The van der Waals surface area contributed by atoms with Crippen molar-refractivity contribution in [1.29, 1.82) is 0 Å². The number of hydrogen-bond acceptors (Lipinski definition) is 3. The Balaban J connectivity index is 2.14. The molecule has 2 unspecified atom stereocenters. The molecule has 0 spiro atoms. The predicted molar refractivity (Wildman–Crippen MR) is 69.0 cm³/mol. The van der Waals surface area contributed by atoms with Crippen LogP contribution in [0.3, 0.4) is 0 Å². The minimum absolute atomic E-state index is 0.298. The van der Waals surface area contributed by atoms with E-state index in [0.717, 1.165) is 19.5 Å². The number of hydrogen-bond donors (Lipinski definition) is 2. The molecule has 0 radical (unpaired) electrons. The molecule has 1 aliphatic rings. The van der Waals surface area contributed by atoms with Gasteiger partial charge in [-0.25, -0.2) is 0 Å². The molecule has 0 saturated carbocycles. The number of piperidine rings is 1. The molecule has 3 nitrogen and oxygen atoms in total. The SMILES string of the molecule is CN(C)c1ccc(C2CNCCC2N)cc1. The summed E-state index contributed by atoms with van der Waals surface area (Å²) in [7, 11) is 4.12. The lowest BCUT2D eigenvalue weighted by atomic mass is 9.87. The molecule has 0 amide bonds. The van der Waals surface area contributed by atoms with Gasteiger partial charge >= 0.3 is 0 Å². The quantitative estimate of drug-likeness (QED) is 0.784. The van der Waals surface area contributed by atoms with Gasteiger partial charge in [-0.15, -0.1) is 0 Å². The van der Waals surface area contributed by atoms with E-state index < -0.39 is 0 Å². The highest BCUT2D eigenvalue weighted by Crippen LogP contribution is 2.24. The van der Waals surface area contributed by atoms with E-state index in [1.165, 1.54) is 11.3 Å². The average molecular weight is 219 g/mol. The molecule has 1 fully saturated rings. The number of nitrogens with two attached hydrogens (primary N) is 1. The second-order valence-electron chi connectivity index (χ2n) is 4.75. The van der Waals surface area contributed by atoms with Gasteiger partial charge in [0, 0.05) is 38.3 Å². The molecular weight excluding hydrogens is 198 g/mol. The van der Waals surface area contributed by atoms with E-state index in [2.05, 4.69) is 48.6 Å². The van der Waals surface area contributed by atoms with Gasteiger partial charge in [0.2, 0.25) is 0 Å². The standard InChI is InChI=1S/C13H21N3/c1-16(2)11-5-3-10(4-6-11)12-9-15-8-7-13(12)14/h3-6,12-13,15H,7-9,14H2,1-2H3. The van der Waals surface area contributed by atoms with E-state index >= 15 is 0 Å². The summed E-state index contributed by atoms with van der Waals surface area (Å²) in [6.45, 7) is 2.05. The average Bonchev–Trinajstić information content (AvgIpc) is 2.30. The first-order valence-corrected chi connectivity index (χ1v) is 5.92. The van der Waals surface area contributed by atoms with E-state index in [-0.39, 0.29) is 0 Å². The van der Waals surface area contributed by atoms with E-state index in [1.807, 2.05) is 0 Å². The van der Waals surface area contributed by atoms with Crippen molar-refractivity contribution in [3.63, 3.8) is 0 Å². The van der Waals surface area contributed by atoms with E-state index in [1.54, 1.807) is 0 Å². The summed E-state index contributed by atoms with van der Waals surface area (Å²) in [4.78, 5) is 2.11. The van der Waals surface area contributed by atoms with Gasteiger partial charge in [0.25, 0.3) is 0 Å². The fourth-order valence-electron chi connectivity index (χ4n) is 2.26. The number of anilines is 1. The van der Waals surface area contributed by atoms with Crippen molar-refractivity contribution in [2.75, 3.05) is 32.1 Å². The van der Waals surface area contributed by atoms with Gasteiger partial charge in [-0.1, -0.05) is 12.1 Å². The lowest BCUT2D eigenvalue weighted by Gasteiger charge is -2.30. The first-order chi connectivity index (χ1) is 7.68. The van der Waals surface area contributed by atoms with Gasteiger partial charge in [-0.05, 0) is 30.7 Å². The maximum Gasteiger partial charge on any atom is 0.0361 e. The highest BCUT2D eigenvalue weighted by Gasteiger charge is 2.22. The van der Waals surface area contributed by atoms with Crippen LogP contribution in [0.4, 0.5) is 5.69 Å². The predicted octanol–water partition coefficient (Wildman–Crippen LogP) is 1.16. The second-order valence-corrected chi connectivity index (χ2v) is 4.75. The zero-order valence-electron chi connectivity index (χ0n) is 10.1. The van der Waals surface area contributed by atoms with Crippen LogP contribution in [0.15, 0.2) is 24.3 Å². The summed E-state index contributed by atoms with van der Waals surface area (Å²) < 4.78 is 0. The van der Waals surface area contributed by atoms with Gasteiger partial charge in [-0.2, -0.15) is 0 Å². The third-order valence-electron chi connectivity index (χ3n) is 3.37. The topological polar surface area (TPSA) is 41.3 Å². The van der Waals surface area contributed by atoms with Crippen molar-refractivity contribution < 1.29 is 0 Å². The van der Waals surface area contributed by atoms with Crippen molar-refractivity contribution in [3.8, 4) is 0 Å². The second kappa shape index (κ2) is 4.85. The van der Waals surface area contributed by atoms with Crippen LogP contribution in [0.25, 0.3) is 0 Å². The molecule has 16 heavy (non-hydrogen) atoms. The molecule has 1 aromatic carbocycles. The third-order valence-corrected chi connectivity index (χ3v) is 3.37. The maximum atomic E-state index is 6.16. The van der Waals surface area contributed by atoms with Gasteiger partial charge < -0.3 is 16.0 Å². The molecule has 1 aromatic rings. The Morgan fingerprint density at radius 2 is 1.94 bits per heavy atom. The molecule has 1 aliphatic heterocycles. The summed E-state index contributed by atoms with van der Waals surface area (Å²) in [5.74, 6) is 0.463. The zero-order chi connectivity index (χ0) is 11.5. The zero-order valence-corrected chi connectivity index (χ0v) is 10.1. The summed E-state index contributed by atoms with van der Waals surface area (Å²) in [6, 6.07) is 9.03. The van der Waals surface area contributed by atoms with Gasteiger partial charge in [-0.3, -0.25) is 0 Å².